The lowest BCUT2D eigenvalue weighted by Gasteiger charge is -2.23. The number of rotatable bonds is 1. The summed E-state index contributed by atoms with van der Waals surface area (Å²) in [6, 6.07) is 2.02. The van der Waals surface area contributed by atoms with E-state index in [1.54, 1.807) is 6.20 Å². The summed E-state index contributed by atoms with van der Waals surface area (Å²) in [7, 11) is 0. The Hall–Kier alpha value is -0.860. The monoisotopic (exact) mass is 234 g/mol. The van der Waals surface area contributed by atoms with E-state index in [1.807, 2.05) is 12.3 Å². The third-order valence-electron chi connectivity index (χ3n) is 3.67. The first-order valence-electron chi connectivity index (χ1n) is 5.85. The van der Waals surface area contributed by atoms with Gasteiger partial charge in [0.15, 0.2) is 0 Å². The number of nitrogens with one attached hydrogen (secondary N) is 1. The summed E-state index contributed by atoms with van der Waals surface area (Å²) in [4.78, 5) is 4.16. The highest BCUT2D eigenvalue weighted by atomic mass is 35.5. The Morgan fingerprint density at radius 1 is 1.31 bits per heavy atom. The maximum absolute atomic E-state index is 5.97. The van der Waals surface area contributed by atoms with E-state index in [0.717, 1.165) is 23.9 Å². The predicted octanol–water partition coefficient (Wildman–Crippen LogP) is 2.75. The first-order valence-corrected chi connectivity index (χ1v) is 6.23. The van der Waals surface area contributed by atoms with Gasteiger partial charge in [0.05, 0.1) is 5.02 Å². The summed E-state index contributed by atoms with van der Waals surface area (Å²) in [5, 5.41) is 4.19. The van der Waals surface area contributed by atoms with Crippen LogP contribution >= 0.6 is 11.6 Å². The van der Waals surface area contributed by atoms with Crippen LogP contribution in [-0.4, -0.2) is 18.1 Å². The molecule has 2 aliphatic rings. The minimum absolute atomic E-state index is 0.711. The second kappa shape index (κ2) is 4.19. The quantitative estimate of drug-likeness (QED) is 0.808. The van der Waals surface area contributed by atoms with Gasteiger partial charge in [0.1, 0.15) is 0 Å². The van der Waals surface area contributed by atoms with Gasteiger partial charge in [0, 0.05) is 18.9 Å². The Bertz CT molecular complexity index is 428. The summed E-state index contributed by atoms with van der Waals surface area (Å²) in [6.07, 6.45) is 8.47. The fraction of sp³-hybridized carbons (Fsp3) is 0.462. The molecule has 3 heteroatoms. The summed E-state index contributed by atoms with van der Waals surface area (Å²) >= 11 is 5.97. The maximum Gasteiger partial charge on any atom is 0.0595 e. The molecule has 1 aromatic rings. The average Bonchev–Trinajstić information content (AvgIpc) is 2.75. The molecule has 2 atom stereocenters. The van der Waals surface area contributed by atoms with Crippen molar-refractivity contribution in [1.82, 2.24) is 10.3 Å². The second-order valence-electron chi connectivity index (χ2n) is 4.70. The highest BCUT2D eigenvalue weighted by Crippen LogP contribution is 2.35. The number of pyridine rings is 1. The molecule has 2 heterocycles. The topological polar surface area (TPSA) is 24.9 Å². The van der Waals surface area contributed by atoms with Crippen LogP contribution in [0.25, 0.3) is 5.57 Å². The van der Waals surface area contributed by atoms with Crippen molar-refractivity contribution in [3.05, 3.63) is 35.1 Å². The van der Waals surface area contributed by atoms with Crippen molar-refractivity contribution in [3.8, 4) is 0 Å². The molecule has 0 bridgehead atoms. The molecular weight excluding hydrogens is 220 g/mol. The first-order chi connectivity index (χ1) is 7.83. The van der Waals surface area contributed by atoms with E-state index in [9.17, 15) is 0 Å². The van der Waals surface area contributed by atoms with Crippen LogP contribution in [0, 0.1) is 11.8 Å². The van der Waals surface area contributed by atoms with Crippen LogP contribution in [0.15, 0.2) is 24.5 Å². The lowest BCUT2D eigenvalue weighted by atomic mass is 9.81. The number of nitrogens with zero attached hydrogens (tertiary/aromatic N) is 1. The van der Waals surface area contributed by atoms with Crippen molar-refractivity contribution in [2.75, 3.05) is 13.1 Å². The number of allylic oxidation sites excluding steroid dienone is 1. The third kappa shape index (κ3) is 1.87. The van der Waals surface area contributed by atoms with Crippen LogP contribution < -0.4 is 5.32 Å². The van der Waals surface area contributed by atoms with E-state index < -0.39 is 0 Å². The van der Waals surface area contributed by atoms with Crippen LogP contribution in [0.4, 0.5) is 0 Å². The molecule has 1 fully saturated rings. The van der Waals surface area contributed by atoms with Crippen LogP contribution in [0.3, 0.4) is 0 Å². The lowest BCUT2D eigenvalue weighted by Crippen LogP contribution is -2.15. The van der Waals surface area contributed by atoms with Crippen LogP contribution in [0.5, 0.6) is 0 Å². The van der Waals surface area contributed by atoms with E-state index >= 15 is 0 Å². The summed E-state index contributed by atoms with van der Waals surface area (Å²) in [5.41, 5.74) is 2.61. The molecule has 1 aliphatic heterocycles. The Morgan fingerprint density at radius 2 is 2.25 bits per heavy atom. The number of hydrogen-bond acceptors (Lipinski definition) is 2. The molecule has 0 amide bonds. The molecule has 1 aromatic heterocycles. The number of hydrogen-bond donors (Lipinski definition) is 1. The van der Waals surface area contributed by atoms with Gasteiger partial charge >= 0.3 is 0 Å². The van der Waals surface area contributed by atoms with Gasteiger partial charge < -0.3 is 5.32 Å². The normalized spacial score (nSPS) is 28.7. The van der Waals surface area contributed by atoms with Crippen molar-refractivity contribution in [3.63, 3.8) is 0 Å². The standard InChI is InChI=1S/C13H15ClN2/c14-13-4-12(7-16-8-13)9-1-2-10-5-15-6-11(10)3-9/h3-4,7-8,10-11,15H,1-2,5-6H2. The Kier molecular flexibility index (Phi) is 2.70. The fourth-order valence-corrected chi connectivity index (χ4v) is 2.95. The molecule has 2 unspecified atom stereocenters. The lowest BCUT2D eigenvalue weighted by molar-refractivity contribution is 0.448. The van der Waals surface area contributed by atoms with Crippen LogP contribution in [0.2, 0.25) is 5.02 Å². The van der Waals surface area contributed by atoms with Crippen molar-refractivity contribution in [2.45, 2.75) is 12.8 Å². The van der Waals surface area contributed by atoms with Gasteiger partial charge in [-0.25, -0.2) is 0 Å². The van der Waals surface area contributed by atoms with Gasteiger partial charge in [-0.15, -0.1) is 0 Å². The molecule has 1 saturated heterocycles. The fourth-order valence-electron chi connectivity index (χ4n) is 2.78. The zero-order valence-electron chi connectivity index (χ0n) is 9.12. The molecule has 0 radical (unpaired) electrons. The van der Waals surface area contributed by atoms with Gasteiger partial charge in [-0.05, 0) is 48.4 Å². The van der Waals surface area contributed by atoms with E-state index in [1.165, 1.54) is 24.1 Å². The minimum Gasteiger partial charge on any atom is -0.316 e. The van der Waals surface area contributed by atoms with Gasteiger partial charge in [-0.3, -0.25) is 4.98 Å². The largest absolute Gasteiger partial charge is 0.316 e. The van der Waals surface area contributed by atoms with E-state index in [0.29, 0.717) is 5.92 Å². The number of fused-ring (bicyclic) bond motifs is 1. The van der Waals surface area contributed by atoms with Crippen molar-refractivity contribution in [1.29, 1.82) is 0 Å². The molecule has 1 N–H and O–H groups in total. The minimum atomic E-state index is 0.711. The van der Waals surface area contributed by atoms with E-state index in [2.05, 4.69) is 16.4 Å². The second-order valence-corrected chi connectivity index (χ2v) is 5.14. The highest BCUT2D eigenvalue weighted by Gasteiger charge is 2.29. The van der Waals surface area contributed by atoms with Crippen molar-refractivity contribution in [2.24, 2.45) is 11.8 Å². The molecular formula is C13H15ClN2. The molecule has 84 valence electrons. The Morgan fingerprint density at radius 3 is 3.12 bits per heavy atom. The SMILES string of the molecule is Clc1cncc(C2=CC3CNCC3CC2)c1. The third-order valence-corrected chi connectivity index (χ3v) is 3.87. The zero-order valence-corrected chi connectivity index (χ0v) is 9.87. The maximum atomic E-state index is 5.97. The summed E-state index contributed by atoms with van der Waals surface area (Å²) in [6.45, 7) is 2.31. The molecule has 1 aliphatic carbocycles. The molecule has 16 heavy (non-hydrogen) atoms. The Balaban J connectivity index is 1.90. The van der Waals surface area contributed by atoms with E-state index in [4.69, 9.17) is 11.6 Å². The average molecular weight is 235 g/mol. The molecule has 2 nitrogen and oxygen atoms in total. The zero-order chi connectivity index (χ0) is 11.0. The predicted molar refractivity (Wildman–Crippen MR) is 66.3 cm³/mol. The highest BCUT2D eigenvalue weighted by molar-refractivity contribution is 6.30. The molecule has 0 spiro atoms. The van der Waals surface area contributed by atoms with Gasteiger partial charge in [-0.2, -0.15) is 0 Å². The van der Waals surface area contributed by atoms with Gasteiger partial charge in [0.2, 0.25) is 0 Å². The summed E-state index contributed by atoms with van der Waals surface area (Å²) < 4.78 is 0. The number of halogens is 1. The smallest absolute Gasteiger partial charge is 0.0595 e. The summed E-state index contributed by atoms with van der Waals surface area (Å²) in [5.74, 6) is 1.55. The van der Waals surface area contributed by atoms with Crippen LogP contribution in [-0.2, 0) is 0 Å². The van der Waals surface area contributed by atoms with Crippen molar-refractivity contribution >= 4 is 17.2 Å². The molecule has 0 saturated carbocycles. The van der Waals surface area contributed by atoms with Crippen LogP contribution in [0.1, 0.15) is 18.4 Å². The van der Waals surface area contributed by atoms with Gasteiger partial charge in [-0.1, -0.05) is 17.7 Å². The van der Waals surface area contributed by atoms with E-state index in [-0.39, 0.29) is 0 Å². The molecule has 3 rings (SSSR count). The van der Waals surface area contributed by atoms with Crippen molar-refractivity contribution < 1.29 is 0 Å². The first kappa shape index (κ1) is 10.3. The molecule has 0 aromatic carbocycles. The Labute approximate surface area is 101 Å². The van der Waals surface area contributed by atoms with Gasteiger partial charge in [0.25, 0.3) is 0 Å². The number of aromatic nitrogens is 1.